The number of nitrogens with zero attached hydrogens (tertiary/aromatic N) is 2. The van der Waals surface area contributed by atoms with Crippen LogP contribution >= 0.6 is 0 Å². The fourth-order valence-corrected chi connectivity index (χ4v) is 2.06. The van der Waals surface area contributed by atoms with E-state index in [1.807, 2.05) is 13.8 Å². The van der Waals surface area contributed by atoms with Crippen LogP contribution < -0.4 is 0 Å². The quantitative estimate of drug-likeness (QED) is 0.622. The van der Waals surface area contributed by atoms with Gasteiger partial charge in [0.05, 0.1) is 6.61 Å². The largest absolute Gasteiger partial charge is 0.480 e. The van der Waals surface area contributed by atoms with Crippen LogP contribution in [0.2, 0.25) is 0 Å². The number of carboxylic acid groups (broad SMARTS) is 1. The van der Waals surface area contributed by atoms with Gasteiger partial charge in [-0.3, -0.25) is 4.79 Å². The second-order valence-electron chi connectivity index (χ2n) is 4.50. The van der Waals surface area contributed by atoms with Crippen molar-refractivity contribution in [1.82, 2.24) is 9.80 Å². The van der Waals surface area contributed by atoms with E-state index in [1.54, 1.807) is 12.0 Å². The molecule has 0 heterocycles. The zero-order valence-corrected chi connectivity index (χ0v) is 12.7. The van der Waals surface area contributed by atoms with E-state index in [4.69, 9.17) is 9.84 Å². The molecule has 116 valence electrons. The number of carboxylic acids is 1. The summed E-state index contributed by atoms with van der Waals surface area (Å²) in [4.78, 5) is 26.4. The van der Waals surface area contributed by atoms with E-state index >= 15 is 0 Å². The molecule has 0 unspecified atom stereocenters. The summed E-state index contributed by atoms with van der Waals surface area (Å²) in [5.74, 6) is -1.03. The lowest BCUT2D eigenvalue weighted by Gasteiger charge is -2.34. The predicted molar refractivity (Wildman–Crippen MR) is 77.8 cm³/mol. The molecule has 0 aliphatic carbocycles. The number of aliphatic carboxylic acids is 1. The van der Waals surface area contributed by atoms with E-state index in [0.29, 0.717) is 13.2 Å². The summed E-state index contributed by atoms with van der Waals surface area (Å²) in [7, 11) is 1.58. The van der Waals surface area contributed by atoms with Gasteiger partial charge >= 0.3 is 12.0 Å². The van der Waals surface area contributed by atoms with Crippen molar-refractivity contribution in [2.75, 3.05) is 33.4 Å². The number of carbonyl (C=O) groups is 2. The third kappa shape index (κ3) is 6.06. The molecule has 0 rings (SSSR count). The van der Waals surface area contributed by atoms with Gasteiger partial charge in [0.1, 0.15) is 6.54 Å². The number of methoxy groups -OCH3 is 1. The lowest BCUT2D eigenvalue weighted by molar-refractivity contribution is -0.137. The Balaban J connectivity index is 5.02. The molecule has 6 nitrogen and oxygen atoms in total. The average molecular weight is 286 g/mol. The van der Waals surface area contributed by atoms with Crippen LogP contribution in [0.3, 0.4) is 0 Å². The molecule has 0 aliphatic rings. The third-order valence-electron chi connectivity index (χ3n) is 3.11. The van der Waals surface area contributed by atoms with Crippen molar-refractivity contribution in [3.63, 3.8) is 0 Å². The first kappa shape index (κ1) is 18.4. The summed E-state index contributed by atoms with van der Waals surface area (Å²) in [6.45, 7) is 8.36. The number of hydrogen-bond donors (Lipinski definition) is 1. The summed E-state index contributed by atoms with van der Waals surface area (Å²) in [6.07, 6.45) is 3.17. The Morgan fingerprint density at radius 1 is 1.35 bits per heavy atom. The van der Waals surface area contributed by atoms with Crippen LogP contribution in [0.5, 0.6) is 0 Å². The molecule has 0 saturated carbocycles. The highest BCUT2D eigenvalue weighted by Gasteiger charge is 2.26. The molecule has 0 aromatic heterocycles. The number of rotatable bonds is 10. The van der Waals surface area contributed by atoms with E-state index in [2.05, 4.69) is 6.58 Å². The molecule has 0 aliphatic heterocycles. The van der Waals surface area contributed by atoms with Gasteiger partial charge in [0.2, 0.25) is 0 Å². The molecule has 0 aromatic rings. The Bertz CT molecular complexity index is 316. The topological polar surface area (TPSA) is 70.1 Å². The Hall–Kier alpha value is -1.56. The SMILES string of the molecule is C=CCN(CC(=O)O)C(=O)N(CCOC)C(CC)CC. The maximum Gasteiger partial charge on any atom is 0.323 e. The van der Waals surface area contributed by atoms with Gasteiger partial charge in [0.15, 0.2) is 0 Å². The Morgan fingerprint density at radius 3 is 2.35 bits per heavy atom. The van der Waals surface area contributed by atoms with Gasteiger partial charge in [-0.2, -0.15) is 0 Å². The summed E-state index contributed by atoms with van der Waals surface area (Å²) in [6, 6.07) is -0.197. The van der Waals surface area contributed by atoms with Gasteiger partial charge in [-0.25, -0.2) is 4.79 Å². The fraction of sp³-hybridized carbons (Fsp3) is 0.714. The van der Waals surface area contributed by atoms with Crippen molar-refractivity contribution in [1.29, 1.82) is 0 Å². The van der Waals surface area contributed by atoms with Crippen molar-refractivity contribution >= 4 is 12.0 Å². The van der Waals surface area contributed by atoms with Gasteiger partial charge in [0.25, 0.3) is 0 Å². The van der Waals surface area contributed by atoms with E-state index < -0.39 is 5.97 Å². The first-order valence-electron chi connectivity index (χ1n) is 6.88. The number of carbonyl (C=O) groups excluding carboxylic acids is 1. The maximum absolute atomic E-state index is 12.5. The minimum atomic E-state index is -1.03. The first-order chi connectivity index (χ1) is 9.51. The van der Waals surface area contributed by atoms with Crippen LogP contribution in [-0.2, 0) is 9.53 Å². The molecule has 0 spiro atoms. The highest BCUT2D eigenvalue weighted by molar-refractivity contribution is 5.80. The van der Waals surface area contributed by atoms with Gasteiger partial charge in [-0.05, 0) is 12.8 Å². The lowest BCUT2D eigenvalue weighted by atomic mass is 10.1. The zero-order chi connectivity index (χ0) is 15.5. The van der Waals surface area contributed by atoms with Crippen molar-refractivity contribution < 1.29 is 19.4 Å². The van der Waals surface area contributed by atoms with Crippen LogP contribution in [0.15, 0.2) is 12.7 Å². The van der Waals surface area contributed by atoms with E-state index in [-0.39, 0.29) is 25.2 Å². The minimum Gasteiger partial charge on any atom is -0.480 e. The standard InChI is InChI=1S/C14H26N2O4/c1-5-8-15(11-13(17)18)14(19)16(9-10-20-4)12(6-2)7-3/h5,12H,1,6-11H2,2-4H3,(H,17,18). The monoisotopic (exact) mass is 286 g/mol. The van der Waals surface area contributed by atoms with Gasteiger partial charge in [-0.1, -0.05) is 19.9 Å². The van der Waals surface area contributed by atoms with Crippen LogP contribution in [0.1, 0.15) is 26.7 Å². The third-order valence-corrected chi connectivity index (χ3v) is 3.11. The van der Waals surface area contributed by atoms with Crippen LogP contribution in [0, 0.1) is 0 Å². The van der Waals surface area contributed by atoms with Crippen LogP contribution in [0.25, 0.3) is 0 Å². The number of ether oxygens (including phenoxy) is 1. The maximum atomic E-state index is 12.5. The van der Waals surface area contributed by atoms with Gasteiger partial charge in [-0.15, -0.1) is 6.58 Å². The summed E-state index contributed by atoms with van der Waals surface area (Å²) in [5, 5.41) is 8.90. The molecule has 0 aromatic carbocycles. The molecule has 20 heavy (non-hydrogen) atoms. The highest BCUT2D eigenvalue weighted by Crippen LogP contribution is 2.12. The molecule has 0 radical (unpaired) electrons. The first-order valence-corrected chi connectivity index (χ1v) is 6.88. The summed E-state index contributed by atoms with van der Waals surface area (Å²) < 4.78 is 5.03. The van der Waals surface area contributed by atoms with E-state index in [0.717, 1.165) is 12.8 Å². The summed E-state index contributed by atoms with van der Waals surface area (Å²) >= 11 is 0. The molecular weight excluding hydrogens is 260 g/mol. The smallest absolute Gasteiger partial charge is 0.323 e. The second kappa shape index (κ2) is 10.3. The number of urea groups is 1. The second-order valence-corrected chi connectivity index (χ2v) is 4.50. The molecule has 0 atom stereocenters. The zero-order valence-electron chi connectivity index (χ0n) is 12.7. The van der Waals surface area contributed by atoms with E-state index in [9.17, 15) is 9.59 Å². The Labute approximate surface area is 121 Å². The van der Waals surface area contributed by atoms with Gasteiger partial charge in [0, 0.05) is 26.2 Å². The predicted octanol–water partition coefficient (Wildman–Crippen LogP) is 1.82. The van der Waals surface area contributed by atoms with E-state index in [1.165, 1.54) is 11.0 Å². The average Bonchev–Trinajstić information content (AvgIpc) is 2.42. The number of amides is 2. The molecular formula is C14H26N2O4. The molecule has 0 saturated heterocycles. The van der Waals surface area contributed by atoms with Crippen molar-refractivity contribution in [3.05, 3.63) is 12.7 Å². The van der Waals surface area contributed by atoms with Crippen molar-refractivity contribution in [2.24, 2.45) is 0 Å². The minimum absolute atomic E-state index is 0.0822. The molecule has 0 fully saturated rings. The number of hydrogen-bond acceptors (Lipinski definition) is 3. The summed E-state index contributed by atoms with van der Waals surface area (Å²) in [5.41, 5.74) is 0. The Morgan fingerprint density at radius 2 is 1.95 bits per heavy atom. The van der Waals surface area contributed by atoms with Crippen molar-refractivity contribution in [3.8, 4) is 0 Å². The highest BCUT2D eigenvalue weighted by atomic mass is 16.5. The lowest BCUT2D eigenvalue weighted by Crippen LogP contribution is -2.50. The fourth-order valence-electron chi connectivity index (χ4n) is 2.06. The van der Waals surface area contributed by atoms with Crippen LogP contribution in [0.4, 0.5) is 4.79 Å². The van der Waals surface area contributed by atoms with Crippen LogP contribution in [-0.4, -0.2) is 66.3 Å². The Kier molecular flexibility index (Phi) is 9.45. The molecule has 6 heteroatoms. The van der Waals surface area contributed by atoms with Gasteiger partial charge < -0.3 is 19.6 Å². The normalized spacial score (nSPS) is 10.4. The molecule has 0 bridgehead atoms. The molecule has 1 N–H and O–H groups in total. The molecule has 2 amide bonds. The van der Waals surface area contributed by atoms with Crippen molar-refractivity contribution in [2.45, 2.75) is 32.7 Å².